The lowest BCUT2D eigenvalue weighted by Crippen LogP contribution is -1.94. The van der Waals surface area contributed by atoms with Crippen molar-refractivity contribution in [3.05, 3.63) is 21.7 Å². The predicted molar refractivity (Wildman–Crippen MR) is 56.4 cm³/mol. The molecule has 74 valence electrons. The highest BCUT2D eigenvalue weighted by atomic mass is 79.9. The normalized spacial score (nSPS) is 9.57. The van der Waals surface area contributed by atoms with Crippen LogP contribution < -0.4 is 4.74 Å². The molecular weight excluding hydrogens is 246 g/mol. The maximum Gasteiger partial charge on any atom is 0.162 e. The molecule has 1 aromatic rings. The van der Waals surface area contributed by atoms with Gasteiger partial charge in [-0.15, -0.1) is 0 Å². The minimum Gasteiger partial charge on any atom is -0.504 e. The number of phenolic OH excluding ortho intramolecular Hbond substituents is 1. The van der Waals surface area contributed by atoms with Gasteiger partial charge in [0, 0.05) is 10.0 Å². The molecule has 0 atom stereocenters. The van der Waals surface area contributed by atoms with Crippen LogP contribution in [0.4, 0.5) is 0 Å². The van der Waals surface area contributed by atoms with Crippen LogP contribution in [-0.2, 0) is 6.42 Å². The zero-order valence-corrected chi connectivity index (χ0v) is 9.55. The van der Waals surface area contributed by atoms with Crippen molar-refractivity contribution in [2.24, 2.45) is 0 Å². The van der Waals surface area contributed by atoms with Crippen molar-refractivity contribution in [1.29, 1.82) is 5.26 Å². The van der Waals surface area contributed by atoms with Crippen LogP contribution in [0.15, 0.2) is 10.5 Å². The Morgan fingerprint density at radius 2 is 2.29 bits per heavy atom. The van der Waals surface area contributed by atoms with E-state index in [-0.39, 0.29) is 12.2 Å². The monoisotopic (exact) mass is 255 g/mol. The molecule has 0 unspecified atom stereocenters. The Kier molecular flexibility index (Phi) is 3.37. The summed E-state index contributed by atoms with van der Waals surface area (Å²) in [5, 5.41) is 18.3. The Hall–Kier alpha value is -1.21. The van der Waals surface area contributed by atoms with Gasteiger partial charge in [0.1, 0.15) is 0 Å². The lowest BCUT2D eigenvalue weighted by Gasteiger charge is -2.11. The van der Waals surface area contributed by atoms with Crippen molar-refractivity contribution >= 4 is 15.9 Å². The molecule has 0 radical (unpaired) electrons. The largest absolute Gasteiger partial charge is 0.504 e. The molecule has 1 aromatic carbocycles. The van der Waals surface area contributed by atoms with Crippen LogP contribution >= 0.6 is 15.9 Å². The topological polar surface area (TPSA) is 53.2 Å². The Labute approximate surface area is 91.1 Å². The van der Waals surface area contributed by atoms with Crippen LogP contribution in [0, 0.1) is 18.3 Å². The quantitative estimate of drug-likeness (QED) is 0.884. The first-order chi connectivity index (χ1) is 6.61. The third-order valence-corrected chi connectivity index (χ3v) is 2.89. The van der Waals surface area contributed by atoms with Gasteiger partial charge >= 0.3 is 0 Å². The zero-order valence-electron chi connectivity index (χ0n) is 7.97. The van der Waals surface area contributed by atoms with E-state index in [4.69, 9.17) is 10.00 Å². The third-order valence-electron chi connectivity index (χ3n) is 2.06. The van der Waals surface area contributed by atoms with E-state index < -0.39 is 0 Å². The molecule has 4 heteroatoms. The van der Waals surface area contributed by atoms with E-state index in [9.17, 15) is 5.11 Å². The van der Waals surface area contributed by atoms with Gasteiger partial charge < -0.3 is 9.84 Å². The highest BCUT2D eigenvalue weighted by molar-refractivity contribution is 9.10. The maximum absolute atomic E-state index is 9.73. The van der Waals surface area contributed by atoms with Crippen molar-refractivity contribution in [3.8, 4) is 17.6 Å². The Balaban J connectivity index is 3.38. The number of ether oxygens (including phenoxy) is 1. The summed E-state index contributed by atoms with van der Waals surface area (Å²) in [4.78, 5) is 0. The molecule has 0 aliphatic heterocycles. The molecule has 1 N–H and O–H groups in total. The second kappa shape index (κ2) is 4.34. The third kappa shape index (κ3) is 1.83. The van der Waals surface area contributed by atoms with E-state index in [0.29, 0.717) is 11.3 Å². The van der Waals surface area contributed by atoms with Crippen molar-refractivity contribution < 1.29 is 9.84 Å². The van der Waals surface area contributed by atoms with Gasteiger partial charge in [0.2, 0.25) is 0 Å². The molecular formula is C10H10BrNO2. The Morgan fingerprint density at radius 3 is 2.79 bits per heavy atom. The molecule has 0 aliphatic rings. The van der Waals surface area contributed by atoms with Crippen molar-refractivity contribution in [1.82, 2.24) is 0 Å². The molecule has 0 aliphatic carbocycles. The van der Waals surface area contributed by atoms with Gasteiger partial charge in [0.05, 0.1) is 19.6 Å². The summed E-state index contributed by atoms with van der Waals surface area (Å²) < 4.78 is 5.81. The summed E-state index contributed by atoms with van der Waals surface area (Å²) in [6.45, 7) is 1.84. The highest BCUT2D eigenvalue weighted by Crippen LogP contribution is 2.37. The van der Waals surface area contributed by atoms with Crippen LogP contribution in [0.25, 0.3) is 0 Å². The fraction of sp³-hybridized carbons (Fsp3) is 0.300. The van der Waals surface area contributed by atoms with Gasteiger partial charge in [0.15, 0.2) is 11.5 Å². The lowest BCUT2D eigenvalue weighted by atomic mass is 10.0. The van der Waals surface area contributed by atoms with Crippen LogP contribution in [0.5, 0.6) is 11.5 Å². The van der Waals surface area contributed by atoms with E-state index in [2.05, 4.69) is 15.9 Å². The second-order valence-corrected chi connectivity index (χ2v) is 3.70. The Bertz CT molecular complexity index is 396. The predicted octanol–water partition coefficient (Wildman–Crippen LogP) is 2.54. The first-order valence-electron chi connectivity index (χ1n) is 4.03. The van der Waals surface area contributed by atoms with Crippen LogP contribution in [0.2, 0.25) is 0 Å². The number of phenols is 1. The number of benzene rings is 1. The van der Waals surface area contributed by atoms with Crippen molar-refractivity contribution in [2.75, 3.05) is 7.11 Å². The standard InChI is InChI=1S/C10H10BrNO2/c1-6-7(3-4-12)10(13)9(14-2)5-8(6)11/h5,13H,3H2,1-2H3. The summed E-state index contributed by atoms with van der Waals surface area (Å²) in [6, 6.07) is 3.69. The lowest BCUT2D eigenvalue weighted by molar-refractivity contribution is 0.370. The molecule has 0 heterocycles. The molecule has 0 fully saturated rings. The maximum atomic E-state index is 9.73. The fourth-order valence-electron chi connectivity index (χ4n) is 1.21. The number of nitriles is 1. The van der Waals surface area contributed by atoms with Gasteiger partial charge in [-0.3, -0.25) is 0 Å². The van der Waals surface area contributed by atoms with Gasteiger partial charge in [-0.25, -0.2) is 0 Å². The molecule has 3 nitrogen and oxygen atoms in total. The molecule has 0 saturated heterocycles. The molecule has 14 heavy (non-hydrogen) atoms. The molecule has 0 bridgehead atoms. The number of hydrogen-bond acceptors (Lipinski definition) is 3. The van der Waals surface area contributed by atoms with E-state index >= 15 is 0 Å². The average Bonchev–Trinajstić information content (AvgIpc) is 2.18. The molecule has 0 aromatic heterocycles. The zero-order chi connectivity index (χ0) is 10.7. The smallest absolute Gasteiger partial charge is 0.162 e. The van der Waals surface area contributed by atoms with E-state index in [1.54, 1.807) is 6.07 Å². The fourth-order valence-corrected chi connectivity index (χ4v) is 1.66. The minimum atomic E-state index is 0.0507. The summed E-state index contributed by atoms with van der Waals surface area (Å²) in [5.74, 6) is 0.433. The molecule has 0 spiro atoms. The number of hydrogen-bond donors (Lipinski definition) is 1. The first-order valence-corrected chi connectivity index (χ1v) is 4.83. The van der Waals surface area contributed by atoms with Gasteiger partial charge in [-0.05, 0) is 18.6 Å². The van der Waals surface area contributed by atoms with Crippen molar-refractivity contribution in [2.45, 2.75) is 13.3 Å². The first kappa shape index (κ1) is 10.9. The SMILES string of the molecule is COc1cc(Br)c(C)c(CC#N)c1O. The Morgan fingerprint density at radius 1 is 1.64 bits per heavy atom. The minimum absolute atomic E-state index is 0.0507. The summed E-state index contributed by atoms with van der Waals surface area (Å²) >= 11 is 3.34. The van der Waals surface area contributed by atoms with Crippen LogP contribution in [0.3, 0.4) is 0 Å². The molecule has 0 amide bonds. The van der Waals surface area contributed by atoms with Gasteiger partial charge in [-0.1, -0.05) is 15.9 Å². The number of methoxy groups -OCH3 is 1. The highest BCUT2D eigenvalue weighted by Gasteiger charge is 2.13. The van der Waals surface area contributed by atoms with Crippen LogP contribution in [-0.4, -0.2) is 12.2 Å². The van der Waals surface area contributed by atoms with Crippen LogP contribution in [0.1, 0.15) is 11.1 Å². The van der Waals surface area contributed by atoms with Gasteiger partial charge in [-0.2, -0.15) is 5.26 Å². The number of aromatic hydroxyl groups is 1. The van der Waals surface area contributed by atoms with Crippen molar-refractivity contribution in [3.63, 3.8) is 0 Å². The summed E-state index contributed by atoms with van der Waals surface area (Å²) in [7, 11) is 1.48. The number of halogens is 1. The molecule has 1 rings (SSSR count). The van der Waals surface area contributed by atoms with E-state index in [0.717, 1.165) is 10.0 Å². The second-order valence-electron chi connectivity index (χ2n) is 2.85. The average molecular weight is 256 g/mol. The molecule has 0 saturated carbocycles. The van der Waals surface area contributed by atoms with E-state index in [1.165, 1.54) is 7.11 Å². The van der Waals surface area contributed by atoms with E-state index in [1.807, 2.05) is 13.0 Å². The summed E-state index contributed by atoms with van der Waals surface area (Å²) in [6.07, 6.45) is 0.174. The summed E-state index contributed by atoms with van der Waals surface area (Å²) in [5.41, 5.74) is 1.48. The number of rotatable bonds is 2. The van der Waals surface area contributed by atoms with Gasteiger partial charge in [0.25, 0.3) is 0 Å². The number of nitrogens with zero attached hydrogens (tertiary/aromatic N) is 1.